The predicted octanol–water partition coefficient (Wildman–Crippen LogP) is 4.77. The molecule has 2 aromatic carbocycles. The van der Waals surface area contributed by atoms with Crippen molar-refractivity contribution in [2.75, 3.05) is 0 Å². The molecule has 3 heterocycles. The third kappa shape index (κ3) is 2.32. The monoisotopic (exact) mass is 363 g/mol. The maximum atomic E-state index is 6.04. The Kier molecular flexibility index (Phi) is 3.29. The summed E-state index contributed by atoms with van der Waals surface area (Å²) in [4.78, 5) is 13.3. The number of aromatic nitrogens is 4. The second-order valence-electron chi connectivity index (χ2n) is 5.69. The molecule has 0 bridgehead atoms. The van der Waals surface area contributed by atoms with Crippen molar-refractivity contribution in [2.24, 2.45) is 0 Å². The molecule has 4 nitrogen and oxygen atoms in total. The molecule has 0 radical (unpaired) electrons. The van der Waals surface area contributed by atoms with Crippen molar-refractivity contribution >= 4 is 44.2 Å². The summed E-state index contributed by atoms with van der Waals surface area (Å²) in [5, 5.41) is 3.90. The standard InChI is InChI=1S/C19H11ClN4S/c20-13-7-5-12(6-8-13)14-9-25-19-17(14)18(21-10-22-19)24-11-23-15-3-1-2-4-16(15)24/h1-11H/p+1. The Morgan fingerprint density at radius 1 is 1.00 bits per heavy atom. The number of hydrogen-bond donors (Lipinski definition) is 1. The maximum absolute atomic E-state index is 6.04. The molecule has 0 saturated carbocycles. The van der Waals surface area contributed by atoms with E-state index in [9.17, 15) is 0 Å². The highest BCUT2D eigenvalue weighted by Gasteiger charge is 2.20. The van der Waals surface area contributed by atoms with Gasteiger partial charge in [-0.1, -0.05) is 40.9 Å². The first-order valence-corrected chi connectivity index (χ1v) is 9.03. The number of thiophene rings is 1. The van der Waals surface area contributed by atoms with Crippen LogP contribution in [0.15, 0.2) is 66.6 Å². The van der Waals surface area contributed by atoms with Gasteiger partial charge in [-0.2, -0.15) is 4.57 Å². The molecule has 0 spiro atoms. The van der Waals surface area contributed by atoms with E-state index >= 15 is 0 Å². The largest absolute Gasteiger partial charge is 0.280 e. The van der Waals surface area contributed by atoms with Crippen LogP contribution >= 0.6 is 22.9 Å². The molecule has 5 aromatic rings. The van der Waals surface area contributed by atoms with Crippen molar-refractivity contribution in [3.05, 3.63) is 71.6 Å². The number of rotatable bonds is 2. The average Bonchev–Trinajstić information content (AvgIpc) is 3.26. The molecule has 0 aliphatic carbocycles. The zero-order valence-electron chi connectivity index (χ0n) is 13.0. The summed E-state index contributed by atoms with van der Waals surface area (Å²) in [6.07, 6.45) is 3.56. The third-order valence-electron chi connectivity index (χ3n) is 4.25. The van der Waals surface area contributed by atoms with Gasteiger partial charge in [0.25, 0.3) is 5.82 Å². The van der Waals surface area contributed by atoms with Gasteiger partial charge in [-0.3, -0.25) is 4.98 Å². The molecular formula is C19H12ClN4S+. The predicted molar refractivity (Wildman–Crippen MR) is 101 cm³/mol. The highest BCUT2D eigenvalue weighted by Crippen LogP contribution is 2.35. The van der Waals surface area contributed by atoms with E-state index in [0.717, 1.165) is 43.2 Å². The molecule has 120 valence electrons. The van der Waals surface area contributed by atoms with E-state index in [-0.39, 0.29) is 0 Å². The first-order valence-electron chi connectivity index (χ1n) is 7.77. The zero-order chi connectivity index (χ0) is 16.8. The summed E-state index contributed by atoms with van der Waals surface area (Å²) in [5.74, 6) is 0.869. The smallest absolute Gasteiger partial charge is 0.276 e. The Balaban J connectivity index is 1.82. The highest BCUT2D eigenvalue weighted by molar-refractivity contribution is 7.17. The number of hydrogen-bond acceptors (Lipinski definition) is 3. The normalized spacial score (nSPS) is 11.4. The van der Waals surface area contributed by atoms with Crippen molar-refractivity contribution in [1.82, 2.24) is 15.0 Å². The molecule has 6 heteroatoms. The number of nitrogens with zero attached hydrogens (tertiary/aromatic N) is 3. The number of halogens is 1. The van der Waals surface area contributed by atoms with Crippen LogP contribution in [0.2, 0.25) is 5.02 Å². The minimum absolute atomic E-state index is 0.728. The summed E-state index contributed by atoms with van der Waals surface area (Å²) in [6, 6.07) is 16.0. The fraction of sp³-hybridized carbons (Fsp3) is 0. The van der Waals surface area contributed by atoms with Crippen LogP contribution in [-0.2, 0) is 0 Å². The summed E-state index contributed by atoms with van der Waals surface area (Å²) in [5.41, 5.74) is 4.37. The van der Waals surface area contributed by atoms with Crippen LogP contribution < -0.4 is 4.57 Å². The van der Waals surface area contributed by atoms with Crippen LogP contribution in [0.4, 0.5) is 0 Å². The molecule has 25 heavy (non-hydrogen) atoms. The molecule has 0 amide bonds. The lowest BCUT2D eigenvalue weighted by Gasteiger charge is -2.02. The number of nitrogens with one attached hydrogen (secondary N) is 1. The van der Waals surface area contributed by atoms with E-state index in [1.165, 1.54) is 0 Å². The van der Waals surface area contributed by atoms with E-state index in [0.29, 0.717) is 0 Å². The van der Waals surface area contributed by atoms with Gasteiger partial charge in [-0.05, 0) is 29.8 Å². The van der Waals surface area contributed by atoms with Gasteiger partial charge in [0.2, 0.25) is 0 Å². The van der Waals surface area contributed by atoms with Gasteiger partial charge in [0.15, 0.2) is 12.7 Å². The first-order chi connectivity index (χ1) is 12.3. The average molecular weight is 364 g/mol. The van der Waals surface area contributed by atoms with E-state index in [4.69, 9.17) is 11.6 Å². The van der Waals surface area contributed by atoms with Crippen molar-refractivity contribution in [3.63, 3.8) is 0 Å². The molecule has 3 aromatic heterocycles. The van der Waals surface area contributed by atoms with E-state index in [1.807, 2.05) is 42.7 Å². The second-order valence-corrected chi connectivity index (χ2v) is 6.99. The Hall–Kier alpha value is -2.76. The van der Waals surface area contributed by atoms with Crippen molar-refractivity contribution in [1.29, 1.82) is 0 Å². The first kappa shape index (κ1) is 14.6. The van der Waals surface area contributed by atoms with E-state index in [1.54, 1.807) is 17.7 Å². The minimum atomic E-state index is 0.728. The van der Waals surface area contributed by atoms with Crippen LogP contribution in [0, 0.1) is 0 Å². The summed E-state index contributed by atoms with van der Waals surface area (Å²) in [7, 11) is 0. The summed E-state index contributed by atoms with van der Waals surface area (Å²) in [6.45, 7) is 0. The number of H-pyrrole nitrogens is 1. The highest BCUT2D eigenvalue weighted by atomic mass is 35.5. The molecule has 0 aliphatic rings. The quantitative estimate of drug-likeness (QED) is 0.459. The van der Waals surface area contributed by atoms with Gasteiger partial charge in [0.1, 0.15) is 15.9 Å². The van der Waals surface area contributed by atoms with Crippen LogP contribution in [-0.4, -0.2) is 15.0 Å². The Bertz CT molecular complexity index is 1210. The van der Waals surface area contributed by atoms with Gasteiger partial charge in [-0.15, -0.1) is 11.3 Å². The van der Waals surface area contributed by atoms with Crippen LogP contribution in [0.3, 0.4) is 0 Å². The Morgan fingerprint density at radius 2 is 1.84 bits per heavy atom. The minimum Gasteiger partial charge on any atom is -0.276 e. The topological polar surface area (TPSA) is 45.5 Å². The SMILES string of the molecule is Clc1ccc(-c2csc3ncnc(-[n+]4c[nH]c5ccccc54)c23)cc1. The Labute approximate surface area is 152 Å². The van der Waals surface area contributed by atoms with E-state index in [2.05, 4.69) is 37.0 Å². The molecule has 0 unspecified atom stereocenters. The number of aromatic amines is 1. The summed E-state index contributed by atoms with van der Waals surface area (Å²) >= 11 is 7.66. The van der Waals surface area contributed by atoms with Crippen molar-refractivity contribution < 1.29 is 4.57 Å². The molecule has 5 rings (SSSR count). The van der Waals surface area contributed by atoms with Crippen LogP contribution in [0.25, 0.3) is 38.2 Å². The third-order valence-corrected chi connectivity index (χ3v) is 5.38. The van der Waals surface area contributed by atoms with Gasteiger partial charge in [0.05, 0.1) is 5.39 Å². The number of benzene rings is 2. The van der Waals surface area contributed by atoms with E-state index < -0.39 is 0 Å². The van der Waals surface area contributed by atoms with Gasteiger partial charge < -0.3 is 0 Å². The number of imidazole rings is 1. The fourth-order valence-corrected chi connectivity index (χ4v) is 4.11. The van der Waals surface area contributed by atoms with Crippen LogP contribution in [0.5, 0.6) is 0 Å². The second kappa shape index (κ2) is 5.65. The van der Waals surface area contributed by atoms with Gasteiger partial charge >= 0.3 is 0 Å². The summed E-state index contributed by atoms with van der Waals surface area (Å²) < 4.78 is 2.07. The molecule has 0 aliphatic heterocycles. The molecule has 0 saturated heterocycles. The van der Waals surface area contributed by atoms with Crippen molar-refractivity contribution in [2.45, 2.75) is 0 Å². The molecule has 0 fully saturated rings. The maximum Gasteiger partial charge on any atom is 0.280 e. The number of para-hydroxylation sites is 2. The molecule has 0 atom stereocenters. The Morgan fingerprint density at radius 3 is 2.72 bits per heavy atom. The lowest BCUT2D eigenvalue weighted by atomic mass is 10.1. The number of fused-ring (bicyclic) bond motifs is 2. The zero-order valence-corrected chi connectivity index (χ0v) is 14.6. The van der Waals surface area contributed by atoms with Crippen molar-refractivity contribution in [3.8, 4) is 16.9 Å². The van der Waals surface area contributed by atoms with Gasteiger partial charge in [-0.25, -0.2) is 4.98 Å². The van der Waals surface area contributed by atoms with Gasteiger partial charge in [0, 0.05) is 16.0 Å². The lowest BCUT2D eigenvalue weighted by molar-refractivity contribution is -0.569. The lowest BCUT2D eigenvalue weighted by Crippen LogP contribution is -2.30. The molecule has 1 N–H and O–H groups in total. The molecular weight excluding hydrogens is 352 g/mol. The van der Waals surface area contributed by atoms with Crippen LogP contribution in [0.1, 0.15) is 0 Å². The fourth-order valence-electron chi connectivity index (χ4n) is 3.07.